The highest BCUT2D eigenvalue weighted by molar-refractivity contribution is 5.85. The highest BCUT2D eigenvalue weighted by Crippen LogP contribution is 2.32. The van der Waals surface area contributed by atoms with Gasteiger partial charge in [-0.15, -0.1) is 12.4 Å². The summed E-state index contributed by atoms with van der Waals surface area (Å²) in [6.45, 7) is 2.23. The number of aromatic nitrogens is 3. The zero-order valence-electron chi connectivity index (χ0n) is 15.0. The van der Waals surface area contributed by atoms with Gasteiger partial charge in [-0.1, -0.05) is 12.1 Å². The molecule has 4 rings (SSSR count). The summed E-state index contributed by atoms with van der Waals surface area (Å²) in [4.78, 5) is 15.2. The Kier molecular flexibility index (Phi) is 6.58. The van der Waals surface area contributed by atoms with E-state index in [9.17, 15) is 0 Å². The fourth-order valence-electron chi connectivity index (χ4n) is 3.41. The van der Waals surface area contributed by atoms with Gasteiger partial charge in [0, 0.05) is 11.5 Å². The quantitative estimate of drug-likeness (QED) is 0.761. The van der Waals surface area contributed by atoms with Crippen molar-refractivity contribution in [2.75, 3.05) is 27.2 Å². The number of piperidine rings is 1. The maximum Gasteiger partial charge on any atom is 0.132 e. The lowest BCUT2D eigenvalue weighted by Gasteiger charge is -2.27. The van der Waals surface area contributed by atoms with Gasteiger partial charge in [0.25, 0.3) is 0 Å². The summed E-state index contributed by atoms with van der Waals surface area (Å²) in [5, 5.41) is 0. The van der Waals surface area contributed by atoms with Crippen molar-refractivity contribution in [3.05, 3.63) is 42.4 Å². The fraction of sp³-hybridized carbons (Fsp3) is 0.368. The first-order valence-electron chi connectivity index (χ1n) is 8.42. The minimum absolute atomic E-state index is 0. The number of para-hydroxylation sites is 1. The monoisotopic (exact) mass is 376 g/mol. The number of aromatic amines is 1. The molecule has 0 saturated carbocycles. The molecular weight excluding hydrogens is 352 g/mol. The van der Waals surface area contributed by atoms with Gasteiger partial charge in [-0.3, -0.25) is 0 Å². The van der Waals surface area contributed by atoms with Gasteiger partial charge in [0.1, 0.15) is 11.6 Å². The van der Waals surface area contributed by atoms with Gasteiger partial charge in [0.2, 0.25) is 0 Å². The summed E-state index contributed by atoms with van der Waals surface area (Å²) in [6, 6.07) is 10.1. The Balaban J connectivity index is 0.00000121. The van der Waals surface area contributed by atoms with Gasteiger partial charge in [0.05, 0.1) is 30.0 Å². The Morgan fingerprint density at radius 3 is 2.65 bits per heavy atom. The maximum absolute atomic E-state index is 5.46. The SMILES string of the molecule is COc1ccccc1-c1cc2nc(C3CCN(C)CC3)ncc2[nH]1.Cl.O. The van der Waals surface area contributed by atoms with Crippen molar-refractivity contribution in [3.63, 3.8) is 0 Å². The first kappa shape index (κ1) is 20.2. The molecule has 0 aliphatic carbocycles. The average molecular weight is 377 g/mol. The zero-order valence-corrected chi connectivity index (χ0v) is 15.8. The Bertz CT molecular complexity index is 860. The van der Waals surface area contributed by atoms with Crippen molar-refractivity contribution in [2.24, 2.45) is 0 Å². The van der Waals surface area contributed by atoms with E-state index >= 15 is 0 Å². The molecule has 1 aliphatic heterocycles. The van der Waals surface area contributed by atoms with Crippen LogP contribution >= 0.6 is 12.4 Å². The third kappa shape index (κ3) is 3.82. The molecule has 1 aliphatic rings. The number of hydrogen-bond acceptors (Lipinski definition) is 4. The second-order valence-corrected chi connectivity index (χ2v) is 6.49. The summed E-state index contributed by atoms with van der Waals surface area (Å²) >= 11 is 0. The molecule has 26 heavy (non-hydrogen) atoms. The van der Waals surface area contributed by atoms with E-state index in [0.29, 0.717) is 5.92 Å². The van der Waals surface area contributed by atoms with Gasteiger partial charge in [-0.2, -0.15) is 0 Å². The van der Waals surface area contributed by atoms with Gasteiger partial charge in [0.15, 0.2) is 0 Å². The largest absolute Gasteiger partial charge is 0.496 e. The molecule has 0 radical (unpaired) electrons. The molecule has 7 heteroatoms. The van der Waals surface area contributed by atoms with Crippen LogP contribution in [-0.4, -0.2) is 52.6 Å². The number of fused-ring (bicyclic) bond motifs is 1. The van der Waals surface area contributed by atoms with E-state index in [-0.39, 0.29) is 17.9 Å². The third-order valence-electron chi connectivity index (χ3n) is 4.87. The molecule has 3 heterocycles. The fourth-order valence-corrected chi connectivity index (χ4v) is 3.41. The number of ether oxygens (including phenoxy) is 1. The first-order valence-corrected chi connectivity index (χ1v) is 8.42. The lowest BCUT2D eigenvalue weighted by Crippen LogP contribution is -2.29. The van der Waals surface area contributed by atoms with Crippen LogP contribution < -0.4 is 4.74 Å². The molecule has 6 nitrogen and oxygen atoms in total. The molecule has 0 spiro atoms. The van der Waals surface area contributed by atoms with Crippen molar-refractivity contribution in [2.45, 2.75) is 18.8 Å². The molecule has 1 fully saturated rings. The second kappa shape index (κ2) is 8.49. The second-order valence-electron chi connectivity index (χ2n) is 6.49. The Morgan fingerprint density at radius 2 is 1.92 bits per heavy atom. The summed E-state index contributed by atoms with van der Waals surface area (Å²) < 4.78 is 5.46. The van der Waals surface area contributed by atoms with Gasteiger partial charge >= 0.3 is 0 Å². The Hall–Kier alpha value is -2.15. The summed E-state index contributed by atoms with van der Waals surface area (Å²) in [5.41, 5.74) is 3.99. The highest BCUT2D eigenvalue weighted by Gasteiger charge is 2.21. The number of halogens is 1. The summed E-state index contributed by atoms with van der Waals surface area (Å²) in [6.07, 6.45) is 4.17. The summed E-state index contributed by atoms with van der Waals surface area (Å²) in [7, 11) is 3.87. The number of hydrogen-bond donors (Lipinski definition) is 1. The molecule has 140 valence electrons. The van der Waals surface area contributed by atoms with Crippen LogP contribution in [0.25, 0.3) is 22.3 Å². The van der Waals surface area contributed by atoms with Crippen LogP contribution in [0.5, 0.6) is 5.75 Å². The van der Waals surface area contributed by atoms with Gasteiger partial charge in [-0.25, -0.2) is 9.97 Å². The molecule has 1 aromatic carbocycles. The lowest BCUT2D eigenvalue weighted by molar-refractivity contribution is 0.251. The molecule has 0 atom stereocenters. The first-order chi connectivity index (χ1) is 11.7. The van der Waals surface area contributed by atoms with Crippen molar-refractivity contribution in [3.8, 4) is 17.0 Å². The molecule has 2 aromatic heterocycles. The zero-order chi connectivity index (χ0) is 16.5. The van der Waals surface area contributed by atoms with E-state index in [4.69, 9.17) is 9.72 Å². The number of likely N-dealkylation sites (tertiary alicyclic amines) is 1. The molecule has 3 aromatic rings. The van der Waals surface area contributed by atoms with Crippen LogP contribution in [0.15, 0.2) is 36.5 Å². The highest BCUT2D eigenvalue weighted by atomic mass is 35.5. The van der Waals surface area contributed by atoms with Crippen LogP contribution in [0.3, 0.4) is 0 Å². The number of nitrogens with zero attached hydrogens (tertiary/aromatic N) is 3. The smallest absolute Gasteiger partial charge is 0.132 e. The number of nitrogens with one attached hydrogen (secondary N) is 1. The normalized spacial score (nSPS) is 15.3. The predicted octanol–water partition coefficient (Wildman–Crippen LogP) is 3.04. The van der Waals surface area contributed by atoms with E-state index in [2.05, 4.69) is 34.0 Å². The molecule has 0 amide bonds. The van der Waals surface area contributed by atoms with E-state index in [1.807, 2.05) is 24.4 Å². The van der Waals surface area contributed by atoms with Crippen LogP contribution in [0, 0.1) is 0 Å². The molecular formula is C19H25ClN4O2. The van der Waals surface area contributed by atoms with E-state index in [0.717, 1.165) is 59.8 Å². The average Bonchev–Trinajstić information content (AvgIpc) is 3.05. The molecule has 3 N–H and O–H groups in total. The van der Waals surface area contributed by atoms with Crippen molar-refractivity contribution in [1.82, 2.24) is 19.9 Å². The number of rotatable bonds is 3. The van der Waals surface area contributed by atoms with Crippen molar-refractivity contribution in [1.29, 1.82) is 0 Å². The van der Waals surface area contributed by atoms with Gasteiger partial charge < -0.3 is 20.1 Å². The minimum atomic E-state index is 0. The molecule has 0 bridgehead atoms. The molecule has 1 saturated heterocycles. The van der Waals surface area contributed by atoms with Crippen LogP contribution in [0.2, 0.25) is 0 Å². The Labute approximate surface area is 159 Å². The van der Waals surface area contributed by atoms with E-state index in [1.165, 1.54) is 0 Å². The van der Waals surface area contributed by atoms with Crippen LogP contribution in [0.4, 0.5) is 0 Å². The Morgan fingerprint density at radius 1 is 1.19 bits per heavy atom. The summed E-state index contributed by atoms with van der Waals surface area (Å²) in [5.74, 6) is 2.30. The minimum Gasteiger partial charge on any atom is -0.496 e. The van der Waals surface area contributed by atoms with Crippen LogP contribution in [-0.2, 0) is 0 Å². The van der Waals surface area contributed by atoms with Crippen LogP contribution in [0.1, 0.15) is 24.6 Å². The molecule has 0 unspecified atom stereocenters. The number of methoxy groups -OCH3 is 1. The standard InChI is InChI=1S/C19H22N4O.ClH.H2O/c1-23-9-7-13(8-10-23)19-20-12-17-16(22-19)11-15(21-17)14-5-3-4-6-18(14)24-2;;/h3-6,11-13,21H,7-10H2,1-2H3;1H;1H2. The van der Waals surface area contributed by atoms with Crippen molar-refractivity contribution < 1.29 is 10.2 Å². The maximum atomic E-state index is 5.46. The lowest BCUT2D eigenvalue weighted by atomic mass is 9.96. The number of benzene rings is 1. The third-order valence-corrected chi connectivity index (χ3v) is 4.87. The van der Waals surface area contributed by atoms with Crippen molar-refractivity contribution >= 4 is 23.4 Å². The number of H-pyrrole nitrogens is 1. The predicted molar refractivity (Wildman–Crippen MR) is 106 cm³/mol. The van der Waals surface area contributed by atoms with E-state index in [1.54, 1.807) is 7.11 Å². The van der Waals surface area contributed by atoms with E-state index < -0.39 is 0 Å². The topological polar surface area (TPSA) is 85.5 Å². The van der Waals surface area contributed by atoms with Gasteiger partial charge in [-0.05, 0) is 51.2 Å².